The number of benzene rings is 2. The summed E-state index contributed by atoms with van der Waals surface area (Å²) >= 11 is 0. The van der Waals surface area contributed by atoms with Gasteiger partial charge in [0.15, 0.2) is 0 Å². The summed E-state index contributed by atoms with van der Waals surface area (Å²) < 4.78 is 23.3. The Morgan fingerprint density at radius 1 is 1.21 bits per heavy atom. The van der Waals surface area contributed by atoms with Gasteiger partial charge in [-0.15, -0.1) is 0 Å². The Labute approximate surface area is 169 Å². The van der Waals surface area contributed by atoms with Gasteiger partial charge in [-0.2, -0.15) is 0 Å². The second-order valence-electron chi connectivity index (χ2n) is 6.56. The maximum absolute atomic E-state index is 13.4. The van der Waals surface area contributed by atoms with Crippen LogP contribution in [0.25, 0.3) is 11.6 Å². The van der Waals surface area contributed by atoms with Crippen LogP contribution in [0.4, 0.5) is 4.39 Å². The minimum absolute atomic E-state index is 0.167. The molecule has 0 saturated carbocycles. The molecule has 150 valence electrons. The fourth-order valence-corrected chi connectivity index (χ4v) is 3.16. The van der Waals surface area contributed by atoms with Gasteiger partial charge in [0, 0.05) is 12.0 Å². The number of nitrogens with zero attached hydrogens (tertiary/aromatic N) is 1. The largest absolute Gasteiger partial charge is 0.503 e. The van der Waals surface area contributed by atoms with Gasteiger partial charge in [-0.3, -0.25) is 0 Å². The highest BCUT2D eigenvalue weighted by Gasteiger charge is 2.18. The number of rotatable bonds is 7. The molecule has 0 amide bonds. The lowest BCUT2D eigenvalue weighted by Crippen LogP contribution is -2.07. The molecule has 0 unspecified atom stereocenters. The third kappa shape index (κ3) is 4.71. The maximum Gasteiger partial charge on any atom is 0.341 e. The number of fused-ring (bicyclic) bond motifs is 1. The van der Waals surface area contributed by atoms with E-state index >= 15 is 0 Å². The normalized spacial score (nSPS) is 13.6. The number of ether oxygens (including phenoxy) is 2. The molecular weight excluding hydrogens is 373 g/mol. The van der Waals surface area contributed by atoms with E-state index in [1.807, 2.05) is 31.2 Å². The number of oxime groups is 1. The Balaban J connectivity index is 1.73. The van der Waals surface area contributed by atoms with E-state index in [9.17, 15) is 9.18 Å². The van der Waals surface area contributed by atoms with Crippen LogP contribution in [0.2, 0.25) is 0 Å². The molecule has 0 atom stereocenters. The van der Waals surface area contributed by atoms with Crippen molar-refractivity contribution in [3.05, 3.63) is 82.4 Å². The summed E-state index contributed by atoms with van der Waals surface area (Å²) in [4.78, 5) is 17.6. The summed E-state index contributed by atoms with van der Waals surface area (Å²) in [6, 6.07) is 12.1. The average Bonchev–Trinajstić information content (AvgIpc) is 3.15. The molecule has 0 spiro atoms. The molecule has 0 aliphatic heterocycles. The number of hydrogen-bond donors (Lipinski definition) is 0. The predicted molar refractivity (Wildman–Crippen MR) is 109 cm³/mol. The van der Waals surface area contributed by atoms with E-state index in [4.69, 9.17) is 14.3 Å². The van der Waals surface area contributed by atoms with Crippen LogP contribution in [0.1, 0.15) is 29.2 Å². The third-order valence-corrected chi connectivity index (χ3v) is 4.65. The molecule has 0 N–H and O–H groups in total. The van der Waals surface area contributed by atoms with Crippen LogP contribution in [0, 0.1) is 5.82 Å². The van der Waals surface area contributed by atoms with Crippen molar-refractivity contribution >= 4 is 23.3 Å². The fraction of sp³-hybridized carbons (Fsp3) is 0.217. The summed E-state index contributed by atoms with van der Waals surface area (Å²) in [5, 5.41) is 4.21. The van der Waals surface area contributed by atoms with Crippen molar-refractivity contribution in [1.29, 1.82) is 0 Å². The SMILES string of the molecule is CO/C=C(/C(=O)OC)c1ccccc1CO/N=C(\C)C1=Cc2ccc(F)cc2C1. The molecule has 2 aromatic rings. The highest BCUT2D eigenvalue weighted by atomic mass is 19.1. The molecule has 1 aliphatic rings. The van der Waals surface area contributed by atoms with Gasteiger partial charge in [0.05, 0.1) is 26.2 Å². The minimum Gasteiger partial charge on any atom is -0.503 e. The van der Waals surface area contributed by atoms with Gasteiger partial charge in [-0.25, -0.2) is 9.18 Å². The van der Waals surface area contributed by atoms with Crippen LogP contribution in [-0.4, -0.2) is 25.9 Å². The number of allylic oxidation sites excluding steroid dienone is 1. The highest BCUT2D eigenvalue weighted by Crippen LogP contribution is 2.27. The molecule has 29 heavy (non-hydrogen) atoms. The van der Waals surface area contributed by atoms with Gasteiger partial charge < -0.3 is 14.3 Å². The van der Waals surface area contributed by atoms with E-state index in [1.54, 1.807) is 18.2 Å². The summed E-state index contributed by atoms with van der Waals surface area (Å²) in [6.45, 7) is 2.02. The Kier molecular flexibility index (Phi) is 6.44. The fourth-order valence-electron chi connectivity index (χ4n) is 3.16. The molecule has 2 aromatic carbocycles. The number of esters is 1. The Hall–Kier alpha value is -3.41. The second-order valence-corrected chi connectivity index (χ2v) is 6.56. The third-order valence-electron chi connectivity index (χ3n) is 4.65. The molecule has 3 rings (SSSR count). The lowest BCUT2D eigenvalue weighted by atomic mass is 10.0. The molecule has 0 aromatic heterocycles. The first-order chi connectivity index (χ1) is 14.0. The van der Waals surface area contributed by atoms with Crippen molar-refractivity contribution in [2.75, 3.05) is 14.2 Å². The summed E-state index contributed by atoms with van der Waals surface area (Å²) in [5.41, 5.74) is 5.35. The van der Waals surface area contributed by atoms with E-state index < -0.39 is 5.97 Å². The van der Waals surface area contributed by atoms with E-state index in [2.05, 4.69) is 5.16 Å². The van der Waals surface area contributed by atoms with Gasteiger partial charge in [0.2, 0.25) is 0 Å². The van der Waals surface area contributed by atoms with Crippen molar-refractivity contribution in [3.63, 3.8) is 0 Å². The molecule has 0 radical (unpaired) electrons. The van der Waals surface area contributed by atoms with Crippen molar-refractivity contribution in [1.82, 2.24) is 0 Å². The van der Waals surface area contributed by atoms with Crippen molar-refractivity contribution in [3.8, 4) is 0 Å². The quantitative estimate of drug-likeness (QED) is 0.227. The van der Waals surface area contributed by atoms with Crippen LogP contribution in [0.15, 0.2) is 59.5 Å². The molecule has 0 bridgehead atoms. The minimum atomic E-state index is -0.500. The van der Waals surface area contributed by atoms with E-state index in [0.717, 1.165) is 28.0 Å². The van der Waals surface area contributed by atoms with Crippen molar-refractivity contribution in [2.24, 2.45) is 5.16 Å². The van der Waals surface area contributed by atoms with Gasteiger partial charge in [-0.1, -0.05) is 35.5 Å². The predicted octanol–water partition coefficient (Wildman–Crippen LogP) is 4.52. The first-order valence-corrected chi connectivity index (χ1v) is 9.09. The monoisotopic (exact) mass is 395 g/mol. The zero-order chi connectivity index (χ0) is 20.8. The number of methoxy groups -OCH3 is 2. The van der Waals surface area contributed by atoms with Gasteiger partial charge in [0.1, 0.15) is 18.0 Å². The first kappa shape index (κ1) is 20.3. The lowest BCUT2D eigenvalue weighted by molar-refractivity contribution is -0.133. The molecule has 0 heterocycles. The number of hydrogen-bond acceptors (Lipinski definition) is 5. The molecule has 5 nitrogen and oxygen atoms in total. The van der Waals surface area contributed by atoms with Crippen LogP contribution in [0.5, 0.6) is 0 Å². The van der Waals surface area contributed by atoms with E-state index in [1.165, 1.54) is 26.5 Å². The molecule has 0 saturated heterocycles. The molecule has 6 heteroatoms. The Morgan fingerprint density at radius 2 is 2.00 bits per heavy atom. The smallest absolute Gasteiger partial charge is 0.341 e. The molecular formula is C23H22FNO4. The van der Waals surface area contributed by atoms with Gasteiger partial charge in [-0.05, 0) is 47.4 Å². The second kappa shape index (κ2) is 9.19. The van der Waals surface area contributed by atoms with E-state index in [-0.39, 0.29) is 12.4 Å². The van der Waals surface area contributed by atoms with Gasteiger partial charge >= 0.3 is 5.97 Å². The highest BCUT2D eigenvalue weighted by molar-refractivity contribution is 6.16. The zero-order valence-corrected chi connectivity index (χ0v) is 16.6. The zero-order valence-electron chi connectivity index (χ0n) is 16.6. The average molecular weight is 395 g/mol. The first-order valence-electron chi connectivity index (χ1n) is 9.09. The maximum atomic E-state index is 13.4. The van der Waals surface area contributed by atoms with Crippen molar-refractivity contribution < 1.29 is 23.5 Å². The summed E-state index contributed by atoms with van der Waals surface area (Å²) in [5.74, 6) is -0.744. The topological polar surface area (TPSA) is 57.1 Å². The van der Waals surface area contributed by atoms with Crippen LogP contribution in [0.3, 0.4) is 0 Å². The Bertz CT molecular complexity index is 1010. The molecule has 1 aliphatic carbocycles. The summed E-state index contributed by atoms with van der Waals surface area (Å²) in [6.07, 6.45) is 3.95. The lowest BCUT2D eigenvalue weighted by Gasteiger charge is -2.11. The van der Waals surface area contributed by atoms with Crippen LogP contribution < -0.4 is 0 Å². The van der Waals surface area contributed by atoms with Crippen LogP contribution in [-0.2, 0) is 32.1 Å². The molecule has 0 fully saturated rings. The van der Waals surface area contributed by atoms with Crippen LogP contribution >= 0.6 is 0 Å². The van der Waals surface area contributed by atoms with Gasteiger partial charge in [0.25, 0.3) is 0 Å². The number of carbonyl (C=O) groups is 1. The summed E-state index contributed by atoms with van der Waals surface area (Å²) in [7, 11) is 2.78. The number of carbonyl (C=O) groups excluding carboxylic acids is 1. The van der Waals surface area contributed by atoms with Crippen molar-refractivity contribution in [2.45, 2.75) is 20.0 Å². The number of halogens is 1. The van der Waals surface area contributed by atoms with E-state index in [0.29, 0.717) is 17.6 Å². The standard InChI is InChI=1S/C23H22FNO4/c1-15(18-10-16-8-9-20(24)12-19(16)11-18)25-29-13-17-6-4-5-7-21(17)22(14-27-2)23(26)28-3/h4-10,12,14H,11,13H2,1-3H3/b22-14+,25-15+. The Morgan fingerprint density at radius 3 is 2.76 bits per heavy atom.